The topological polar surface area (TPSA) is 41.5 Å². The summed E-state index contributed by atoms with van der Waals surface area (Å²) in [7, 11) is -0.674. The Bertz CT molecular complexity index is 288. The van der Waals surface area contributed by atoms with Gasteiger partial charge in [0.2, 0.25) is 0 Å². The van der Waals surface area contributed by atoms with Gasteiger partial charge in [-0.1, -0.05) is 25.6 Å². The first-order valence-corrected chi connectivity index (χ1v) is 9.04. The lowest BCUT2D eigenvalue weighted by Gasteiger charge is -2.33. The van der Waals surface area contributed by atoms with Gasteiger partial charge in [-0.2, -0.15) is 0 Å². The third-order valence-electron chi connectivity index (χ3n) is 3.46. The second-order valence-electron chi connectivity index (χ2n) is 4.67. The summed E-state index contributed by atoms with van der Waals surface area (Å²) in [5.74, 6) is 1.95. The van der Waals surface area contributed by atoms with Crippen LogP contribution >= 0.6 is 11.8 Å². The van der Waals surface area contributed by atoms with Crippen LogP contribution in [0.3, 0.4) is 0 Å². The van der Waals surface area contributed by atoms with E-state index >= 15 is 0 Å². The molecule has 1 heterocycles. The van der Waals surface area contributed by atoms with Gasteiger partial charge >= 0.3 is 0 Å². The molecule has 0 bridgehead atoms. The van der Waals surface area contributed by atoms with E-state index < -0.39 is 10.8 Å². The van der Waals surface area contributed by atoms with Crippen molar-refractivity contribution in [2.45, 2.75) is 33.1 Å². The highest BCUT2D eigenvalue weighted by Gasteiger charge is 2.29. The molecular weight excluding hydrogens is 252 g/mol. The fraction of sp³-hybridized carbons (Fsp3) is 0.917. The fourth-order valence-corrected chi connectivity index (χ4v) is 3.66. The molecular formula is C12H24N2OS2. The summed E-state index contributed by atoms with van der Waals surface area (Å²) in [4.78, 5) is 4.63. The van der Waals surface area contributed by atoms with Crippen molar-refractivity contribution >= 4 is 27.7 Å². The summed E-state index contributed by atoms with van der Waals surface area (Å²) in [5.41, 5.74) is 0.417. The Morgan fingerprint density at radius 2 is 2.18 bits per heavy atom. The fourth-order valence-electron chi connectivity index (χ4n) is 1.81. The van der Waals surface area contributed by atoms with E-state index in [0.29, 0.717) is 5.41 Å². The van der Waals surface area contributed by atoms with Gasteiger partial charge in [-0.05, 0) is 24.7 Å². The molecule has 0 radical (unpaired) electrons. The first-order chi connectivity index (χ1) is 8.12. The van der Waals surface area contributed by atoms with Gasteiger partial charge in [0.1, 0.15) is 0 Å². The highest BCUT2D eigenvalue weighted by Crippen LogP contribution is 2.34. The summed E-state index contributed by atoms with van der Waals surface area (Å²) in [6.45, 7) is 6.36. The van der Waals surface area contributed by atoms with Crippen molar-refractivity contribution in [3.8, 4) is 0 Å². The van der Waals surface area contributed by atoms with E-state index in [-0.39, 0.29) is 0 Å². The van der Waals surface area contributed by atoms with Gasteiger partial charge in [0.25, 0.3) is 0 Å². The number of nitrogens with zero attached hydrogens (tertiary/aromatic N) is 1. The van der Waals surface area contributed by atoms with Crippen LogP contribution in [0.2, 0.25) is 0 Å². The van der Waals surface area contributed by atoms with Crippen molar-refractivity contribution in [2.24, 2.45) is 10.4 Å². The number of hydrogen-bond acceptors (Lipinski definition) is 4. The van der Waals surface area contributed by atoms with Crippen LogP contribution in [0.15, 0.2) is 4.99 Å². The smallest absolute Gasteiger partial charge is 0.156 e. The third-order valence-corrected chi connectivity index (χ3v) is 5.63. The molecule has 1 unspecified atom stereocenters. The molecule has 0 spiro atoms. The molecule has 0 aliphatic carbocycles. The molecule has 1 atom stereocenters. The van der Waals surface area contributed by atoms with Crippen molar-refractivity contribution in [1.82, 2.24) is 5.32 Å². The van der Waals surface area contributed by atoms with Crippen LogP contribution in [-0.2, 0) is 10.8 Å². The van der Waals surface area contributed by atoms with Crippen molar-refractivity contribution in [3.05, 3.63) is 0 Å². The van der Waals surface area contributed by atoms with Gasteiger partial charge in [-0.3, -0.25) is 9.20 Å². The molecule has 17 heavy (non-hydrogen) atoms. The van der Waals surface area contributed by atoms with Crippen LogP contribution in [-0.4, -0.2) is 40.2 Å². The molecule has 3 nitrogen and oxygen atoms in total. The van der Waals surface area contributed by atoms with Gasteiger partial charge in [-0.25, -0.2) is 0 Å². The zero-order valence-electron chi connectivity index (χ0n) is 11.1. The standard InChI is InChI=1S/C12H24N2OS2/c1-4-12(5-2)9-14-11(16-10-12)13-7-6-8-17(3)15/h4-10H2,1-3H3,(H,13,14). The molecule has 0 aromatic carbocycles. The first kappa shape index (κ1) is 15.0. The second-order valence-corrected chi connectivity index (χ2v) is 7.19. The van der Waals surface area contributed by atoms with E-state index in [1.165, 1.54) is 18.6 Å². The molecule has 0 saturated heterocycles. The molecule has 100 valence electrons. The monoisotopic (exact) mass is 276 g/mol. The Balaban J connectivity index is 2.29. The quantitative estimate of drug-likeness (QED) is 0.757. The Hall–Kier alpha value is -0.0300. The summed E-state index contributed by atoms with van der Waals surface area (Å²) in [5, 5.41) is 4.41. The predicted molar refractivity (Wildman–Crippen MR) is 79.3 cm³/mol. The lowest BCUT2D eigenvalue weighted by atomic mass is 9.84. The minimum atomic E-state index is -0.674. The number of aliphatic imine (C=N–C) groups is 1. The minimum Gasteiger partial charge on any atom is -0.365 e. The highest BCUT2D eigenvalue weighted by atomic mass is 32.2. The SMILES string of the molecule is CCC1(CC)CN=C(NCCCS(C)=O)SC1. The zero-order chi connectivity index (χ0) is 12.7. The molecule has 1 aliphatic heterocycles. The maximum absolute atomic E-state index is 10.9. The molecule has 5 heteroatoms. The summed E-state index contributed by atoms with van der Waals surface area (Å²) in [6, 6.07) is 0. The lowest BCUT2D eigenvalue weighted by molar-refractivity contribution is 0.318. The molecule has 0 amide bonds. The third kappa shape index (κ3) is 5.00. The van der Waals surface area contributed by atoms with Crippen molar-refractivity contribution in [3.63, 3.8) is 0 Å². The lowest BCUT2D eigenvalue weighted by Crippen LogP contribution is -2.35. The van der Waals surface area contributed by atoms with E-state index in [0.717, 1.165) is 30.4 Å². The van der Waals surface area contributed by atoms with Crippen LogP contribution in [0.25, 0.3) is 0 Å². The molecule has 0 aromatic rings. The van der Waals surface area contributed by atoms with Gasteiger partial charge in [-0.15, -0.1) is 0 Å². The van der Waals surface area contributed by atoms with Gasteiger partial charge in [0, 0.05) is 41.7 Å². The Labute approximate surface area is 112 Å². The Kier molecular flexibility index (Phi) is 6.55. The van der Waals surface area contributed by atoms with E-state index in [2.05, 4.69) is 24.2 Å². The van der Waals surface area contributed by atoms with Gasteiger partial charge in [0.15, 0.2) is 5.17 Å². The number of rotatable bonds is 6. The Morgan fingerprint density at radius 1 is 1.47 bits per heavy atom. The van der Waals surface area contributed by atoms with Crippen LogP contribution in [0.5, 0.6) is 0 Å². The number of amidine groups is 1. The summed E-state index contributed by atoms with van der Waals surface area (Å²) >= 11 is 1.84. The van der Waals surface area contributed by atoms with Gasteiger partial charge < -0.3 is 5.32 Å². The van der Waals surface area contributed by atoms with E-state index in [4.69, 9.17) is 0 Å². The molecule has 1 rings (SSSR count). The average molecular weight is 276 g/mol. The van der Waals surface area contributed by atoms with Crippen LogP contribution < -0.4 is 5.32 Å². The van der Waals surface area contributed by atoms with Crippen LogP contribution in [0, 0.1) is 5.41 Å². The minimum absolute atomic E-state index is 0.417. The molecule has 0 aromatic heterocycles. The predicted octanol–water partition coefficient (Wildman–Crippen LogP) is 2.25. The van der Waals surface area contributed by atoms with Crippen molar-refractivity contribution < 1.29 is 4.21 Å². The molecule has 0 saturated carbocycles. The molecule has 1 N–H and O–H groups in total. The maximum atomic E-state index is 10.9. The van der Waals surface area contributed by atoms with Crippen molar-refractivity contribution in [1.29, 1.82) is 0 Å². The largest absolute Gasteiger partial charge is 0.365 e. The van der Waals surface area contributed by atoms with Gasteiger partial charge in [0.05, 0.1) is 0 Å². The van der Waals surface area contributed by atoms with Crippen molar-refractivity contribution in [2.75, 3.05) is 30.9 Å². The summed E-state index contributed by atoms with van der Waals surface area (Å²) in [6.07, 6.45) is 5.13. The Morgan fingerprint density at radius 3 is 2.65 bits per heavy atom. The first-order valence-electron chi connectivity index (χ1n) is 6.33. The van der Waals surface area contributed by atoms with E-state index in [9.17, 15) is 4.21 Å². The average Bonchev–Trinajstić information content (AvgIpc) is 2.35. The normalized spacial score (nSPS) is 20.8. The molecule has 1 aliphatic rings. The number of thioether (sulfide) groups is 1. The van der Waals surface area contributed by atoms with Crippen LogP contribution in [0.1, 0.15) is 33.1 Å². The maximum Gasteiger partial charge on any atom is 0.156 e. The highest BCUT2D eigenvalue weighted by molar-refractivity contribution is 8.13. The van der Waals surface area contributed by atoms with E-state index in [1.54, 1.807) is 6.26 Å². The summed E-state index contributed by atoms with van der Waals surface area (Å²) < 4.78 is 10.9. The number of hydrogen-bond donors (Lipinski definition) is 1. The van der Waals surface area contributed by atoms with E-state index in [1.807, 2.05) is 11.8 Å². The van der Waals surface area contributed by atoms with Crippen LogP contribution in [0.4, 0.5) is 0 Å². The number of nitrogens with one attached hydrogen (secondary N) is 1. The molecule has 0 fully saturated rings. The second kappa shape index (κ2) is 7.41. The zero-order valence-corrected chi connectivity index (χ0v) is 12.8.